The third-order valence-electron chi connectivity index (χ3n) is 3.35. The van der Waals surface area contributed by atoms with E-state index in [-0.39, 0.29) is 5.91 Å². The maximum atomic E-state index is 12.0. The predicted octanol–water partition coefficient (Wildman–Crippen LogP) is 4.62. The number of nitrogens with one attached hydrogen (secondary N) is 1. The minimum atomic E-state index is -0.0146. The molecule has 0 aromatic heterocycles. The number of rotatable bonds is 6. The molecule has 2 rings (SSSR count). The van der Waals surface area contributed by atoms with Crippen molar-refractivity contribution in [2.75, 3.05) is 11.9 Å². The van der Waals surface area contributed by atoms with Crippen molar-refractivity contribution >= 4 is 23.2 Å². The molecule has 4 heteroatoms. The second-order valence-electron chi connectivity index (χ2n) is 5.08. The molecule has 1 N–H and O–H groups in total. The summed E-state index contributed by atoms with van der Waals surface area (Å²) in [5.41, 5.74) is 2.88. The molecule has 0 unspecified atom stereocenters. The van der Waals surface area contributed by atoms with Gasteiger partial charge in [0.25, 0.3) is 0 Å². The van der Waals surface area contributed by atoms with Gasteiger partial charge in [-0.15, -0.1) is 0 Å². The summed E-state index contributed by atoms with van der Waals surface area (Å²) >= 11 is 5.95. The number of carbonyl (C=O) groups is 1. The van der Waals surface area contributed by atoms with Crippen molar-refractivity contribution in [3.05, 3.63) is 58.6 Å². The van der Waals surface area contributed by atoms with E-state index in [1.54, 1.807) is 6.07 Å². The number of hydrogen-bond acceptors (Lipinski definition) is 2. The molecule has 116 valence electrons. The number of ether oxygens (including phenoxy) is 1. The van der Waals surface area contributed by atoms with E-state index in [9.17, 15) is 4.79 Å². The topological polar surface area (TPSA) is 38.3 Å². The second-order valence-corrected chi connectivity index (χ2v) is 5.52. The zero-order valence-corrected chi connectivity index (χ0v) is 13.6. The molecule has 2 aromatic carbocycles. The number of anilines is 1. The Kier molecular flexibility index (Phi) is 5.84. The Morgan fingerprint density at radius 2 is 1.91 bits per heavy atom. The van der Waals surface area contributed by atoms with Crippen molar-refractivity contribution in [1.82, 2.24) is 0 Å². The van der Waals surface area contributed by atoms with Crippen LogP contribution < -0.4 is 10.1 Å². The number of hydrogen-bond donors (Lipinski definition) is 1. The average molecular weight is 318 g/mol. The molecule has 3 nitrogen and oxygen atoms in total. The van der Waals surface area contributed by atoms with Crippen LogP contribution in [-0.4, -0.2) is 12.5 Å². The Hall–Kier alpha value is -2.00. The summed E-state index contributed by atoms with van der Waals surface area (Å²) in [7, 11) is 0. The van der Waals surface area contributed by atoms with Crippen LogP contribution in [0.5, 0.6) is 5.75 Å². The lowest BCUT2D eigenvalue weighted by Crippen LogP contribution is -2.13. The lowest BCUT2D eigenvalue weighted by Gasteiger charge is -2.09. The van der Waals surface area contributed by atoms with Crippen LogP contribution in [0.1, 0.15) is 24.5 Å². The smallest absolute Gasteiger partial charge is 0.224 e. The Balaban J connectivity index is 1.88. The monoisotopic (exact) mass is 317 g/mol. The third kappa shape index (κ3) is 4.78. The number of carbonyl (C=O) groups excluding carboxylic acids is 1. The van der Waals surface area contributed by atoms with Crippen molar-refractivity contribution < 1.29 is 9.53 Å². The van der Waals surface area contributed by atoms with Crippen molar-refractivity contribution in [2.45, 2.75) is 26.7 Å². The first-order valence-corrected chi connectivity index (χ1v) is 7.74. The zero-order chi connectivity index (χ0) is 15.9. The molecule has 0 spiro atoms. The van der Waals surface area contributed by atoms with Crippen LogP contribution in [0.2, 0.25) is 5.02 Å². The predicted molar refractivity (Wildman–Crippen MR) is 90.8 cm³/mol. The molecule has 0 saturated carbocycles. The van der Waals surface area contributed by atoms with Gasteiger partial charge in [-0.05, 0) is 55.7 Å². The van der Waals surface area contributed by atoms with Crippen molar-refractivity contribution in [2.24, 2.45) is 0 Å². The highest BCUT2D eigenvalue weighted by Gasteiger charge is 2.06. The van der Waals surface area contributed by atoms with Gasteiger partial charge in [0.1, 0.15) is 5.75 Å². The molecule has 0 atom stereocenters. The normalized spacial score (nSPS) is 10.3. The first-order valence-electron chi connectivity index (χ1n) is 7.36. The average Bonchev–Trinajstić information content (AvgIpc) is 2.51. The first kappa shape index (κ1) is 16.4. The Labute approximate surface area is 136 Å². The zero-order valence-electron chi connectivity index (χ0n) is 12.9. The minimum absolute atomic E-state index is 0.0146. The maximum Gasteiger partial charge on any atom is 0.224 e. The van der Waals surface area contributed by atoms with E-state index in [2.05, 4.69) is 5.32 Å². The molecule has 0 heterocycles. The summed E-state index contributed by atoms with van der Waals surface area (Å²) in [6.07, 6.45) is 1.12. The van der Waals surface area contributed by atoms with Crippen LogP contribution in [0.4, 0.5) is 5.69 Å². The van der Waals surface area contributed by atoms with E-state index < -0.39 is 0 Å². The summed E-state index contributed by atoms with van der Waals surface area (Å²) in [4.78, 5) is 12.0. The van der Waals surface area contributed by atoms with Gasteiger partial charge >= 0.3 is 0 Å². The molecule has 1 amide bonds. The molecular weight excluding hydrogens is 298 g/mol. The van der Waals surface area contributed by atoms with Gasteiger partial charge in [0.2, 0.25) is 5.91 Å². The summed E-state index contributed by atoms with van der Waals surface area (Å²) < 4.78 is 5.40. The standard InChI is InChI=1S/C18H20ClNO2/c1-3-22-16-9-5-14(6-10-16)7-11-18(21)20-17-12-15(19)8-4-13(17)2/h4-6,8-10,12H,3,7,11H2,1-2H3,(H,20,21). The van der Waals surface area contributed by atoms with Crippen LogP contribution in [0.3, 0.4) is 0 Å². The fourth-order valence-electron chi connectivity index (χ4n) is 2.12. The second kappa shape index (κ2) is 7.85. The molecule has 0 aliphatic carbocycles. The van der Waals surface area contributed by atoms with Gasteiger partial charge in [-0.2, -0.15) is 0 Å². The van der Waals surface area contributed by atoms with Gasteiger partial charge < -0.3 is 10.1 Å². The van der Waals surface area contributed by atoms with E-state index in [0.717, 1.165) is 22.6 Å². The molecule has 0 bridgehead atoms. The highest BCUT2D eigenvalue weighted by Crippen LogP contribution is 2.20. The van der Waals surface area contributed by atoms with E-state index in [0.29, 0.717) is 24.5 Å². The van der Waals surface area contributed by atoms with Crippen LogP contribution >= 0.6 is 11.6 Å². The van der Waals surface area contributed by atoms with E-state index in [1.165, 1.54) is 0 Å². The highest BCUT2D eigenvalue weighted by molar-refractivity contribution is 6.31. The maximum absolute atomic E-state index is 12.0. The van der Waals surface area contributed by atoms with Gasteiger partial charge in [0.15, 0.2) is 0 Å². The molecule has 22 heavy (non-hydrogen) atoms. The first-order chi connectivity index (χ1) is 10.6. The largest absolute Gasteiger partial charge is 0.494 e. The van der Waals surface area contributed by atoms with Crippen molar-refractivity contribution in [3.63, 3.8) is 0 Å². The Morgan fingerprint density at radius 3 is 2.59 bits per heavy atom. The number of benzene rings is 2. The van der Waals surface area contributed by atoms with Crippen LogP contribution in [-0.2, 0) is 11.2 Å². The molecule has 0 aliphatic heterocycles. The van der Waals surface area contributed by atoms with Gasteiger partial charge in [-0.3, -0.25) is 4.79 Å². The fourth-order valence-corrected chi connectivity index (χ4v) is 2.29. The summed E-state index contributed by atoms with van der Waals surface area (Å²) in [6.45, 7) is 4.55. The van der Waals surface area contributed by atoms with Crippen LogP contribution in [0, 0.1) is 6.92 Å². The van der Waals surface area contributed by atoms with Gasteiger partial charge in [-0.1, -0.05) is 29.8 Å². The van der Waals surface area contributed by atoms with E-state index in [4.69, 9.17) is 16.3 Å². The van der Waals surface area contributed by atoms with Gasteiger partial charge in [0.05, 0.1) is 6.61 Å². The molecule has 0 fully saturated rings. The number of amides is 1. The SMILES string of the molecule is CCOc1ccc(CCC(=O)Nc2cc(Cl)ccc2C)cc1. The quantitative estimate of drug-likeness (QED) is 0.844. The molecule has 0 aliphatic rings. The van der Waals surface area contributed by atoms with Crippen LogP contribution in [0.25, 0.3) is 0 Å². The summed E-state index contributed by atoms with van der Waals surface area (Å²) in [6, 6.07) is 13.3. The Bertz CT molecular complexity index is 638. The number of aryl methyl sites for hydroxylation is 2. The van der Waals surface area contributed by atoms with E-state index >= 15 is 0 Å². The number of halogens is 1. The third-order valence-corrected chi connectivity index (χ3v) is 3.58. The van der Waals surface area contributed by atoms with Crippen molar-refractivity contribution in [1.29, 1.82) is 0 Å². The fraction of sp³-hybridized carbons (Fsp3) is 0.278. The molecular formula is C18H20ClNO2. The Morgan fingerprint density at radius 1 is 1.18 bits per heavy atom. The summed E-state index contributed by atoms with van der Waals surface area (Å²) in [5, 5.41) is 3.52. The molecule has 0 radical (unpaired) electrons. The summed E-state index contributed by atoms with van der Waals surface area (Å²) in [5.74, 6) is 0.838. The molecule has 2 aromatic rings. The lowest BCUT2D eigenvalue weighted by molar-refractivity contribution is -0.116. The van der Waals surface area contributed by atoms with Gasteiger partial charge in [0, 0.05) is 17.1 Å². The highest BCUT2D eigenvalue weighted by atomic mass is 35.5. The van der Waals surface area contributed by atoms with Gasteiger partial charge in [-0.25, -0.2) is 0 Å². The van der Waals surface area contributed by atoms with Crippen LogP contribution in [0.15, 0.2) is 42.5 Å². The molecule has 0 saturated heterocycles. The lowest BCUT2D eigenvalue weighted by atomic mass is 10.1. The minimum Gasteiger partial charge on any atom is -0.494 e. The van der Waals surface area contributed by atoms with Crippen molar-refractivity contribution in [3.8, 4) is 5.75 Å². The van der Waals surface area contributed by atoms with E-state index in [1.807, 2.05) is 50.2 Å².